The van der Waals surface area contributed by atoms with Gasteiger partial charge >= 0.3 is 0 Å². The van der Waals surface area contributed by atoms with Crippen LogP contribution >= 0.6 is 0 Å². The summed E-state index contributed by atoms with van der Waals surface area (Å²) in [6, 6.07) is 18.3. The van der Waals surface area contributed by atoms with Crippen molar-refractivity contribution >= 4 is 11.8 Å². The predicted octanol–water partition coefficient (Wildman–Crippen LogP) is 2.89. The first-order valence-electron chi connectivity index (χ1n) is 11.7. The Balaban J connectivity index is 1.36. The van der Waals surface area contributed by atoms with E-state index >= 15 is 0 Å². The van der Waals surface area contributed by atoms with Crippen LogP contribution in [0.4, 0.5) is 0 Å². The molecule has 5 rings (SSSR count). The van der Waals surface area contributed by atoms with E-state index in [2.05, 4.69) is 4.98 Å². The Morgan fingerprint density at radius 3 is 2.78 bits per heavy atom. The fourth-order valence-corrected chi connectivity index (χ4v) is 4.27. The van der Waals surface area contributed by atoms with E-state index in [1.807, 2.05) is 42.5 Å². The zero-order chi connectivity index (χ0) is 24.9. The third-order valence-electron chi connectivity index (χ3n) is 6.13. The summed E-state index contributed by atoms with van der Waals surface area (Å²) < 4.78 is 22.3. The third kappa shape index (κ3) is 5.41. The smallest absolute Gasteiger partial charge is 0.254 e. The number of methoxy groups -OCH3 is 1. The lowest BCUT2D eigenvalue weighted by Gasteiger charge is -2.25. The van der Waals surface area contributed by atoms with Gasteiger partial charge < -0.3 is 28.7 Å². The van der Waals surface area contributed by atoms with Crippen LogP contribution in [0, 0.1) is 0 Å². The van der Waals surface area contributed by atoms with Crippen LogP contribution in [0.25, 0.3) is 0 Å². The van der Waals surface area contributed by atoms with Gasteiger partial charge in [-0.05, 0) is 48.0 Å². The molecule has 0 unspecified atom stereocenters. The summed E-state index contributed by atoms with van der Waals surface area (Å²) in [5.41, 5.74) is 2.14. The van der Waals surface area contributed by atoms with E-state index in [1.54, 1.807) is 36.4 Å². The van der Waals surface area contributed by atoms with Crippen molar-refractivity contribution in [3.05, 3.63) is 83.7 Å². The summed E-state index contributed by atoms with van der Waals surface area (Å²) in [6.45, 7) is 1.33. The van der Waals surface area contributed by atoms with E-state index in [0.29, 0.717) is 36.8 Å². The maximum Gasteiger partial charge on any atom is 0.254 e. The van der Waals surface area contributed by atoms with Crippen LogP contribution in [0.1, 0.15) is 21.6 Å². The summed E-state index contributed by atoms with van der Waals surface area (Å²) >= 11 is 0. The molecule has 3 heterocycles. The van der Waals surface area contributed by atoms with Gasteiger partial charge in [-0.15, -0.1) is 0 Å². The highest BCUT2D eigenvalue weighted by atomic mass is 16.7. The highest BCUT2D eigenvalue weighted by Crippen LogP contribution is 2.33. The van der Waals surface area contributed by atoms with Gasteiger partial charge in [-0.25, -0.2) is 0 Å². The van der Waals surface area contributed by atoms with Crippen molar-refractivity contribution in [2.24, 2.45) is 0 Å². The van der Waals surface area contributed by atoms with Crippen LogP contribution in [0.15, 0.2) is 66.9 Å². The maximum absolute atomic E-state index is 13.4. The summed E-state index contributed by atoms with van der Waals surface area (Å²) in [5, 5.41) is 0. The molecule has 2 aliphatic rings. The molecule has 9 heteroatoms. The fraction of sp³-hybridized carbons (Fsp3) is 0.296. The number of aromatic nitrogens is 1. The van der Waals surface area contributed by atoms with E-state index in [0.717, 1.165) is 17.0 Å². The Labute approximate surface area is 209 Å². The number of nitrogens with zero attached hydrogens (tertiary/aromatic N) is 3. The van der Waals surface area contributed by atoms with Crippen molar-refractivity contribution in [2.75, 3.05) is 33.5 Å². The van der Waals surface area contributed by atoms with Gasteiger partial charge in [-0.1, -0.05) is 18.2 Å². The second kappa shape index (κ2) is 10.7. The standard InChI is InChI=1S/C27H27N3O6/c1-33-22-7-4-5-19(11-22)17-34-23-14-29(13-21-6-2-3-10-28-21)26(31)16-30(15-23)27(32)20-8-9-24-25(12-20)36-18-35-24/h2-12,23H,13-18H2,1H3/t23-/m1/s1. The molecule has 1 fully saturated rings. The van der Waals surface area contributed by atoms with E-state index in [9.17, 15) is 9.59 Å². The van der Waals surface area contributed by atoms with Crippen LogP contribution in [0.2, 0.25) is 0 Å². The summed E-state index contributed by atoms with van der Waals surface area (Å²) in [6.07, 6.45) is 1.30. The first-order valence-corrected chi connectivity index (χ1v) is 11.7. The van der Waals surface area contributed by atoms with Crippen molar-refractivity contribution in [1.29, 1.82) is 0 Å². The van der Waals surface area contributed by atoms with Crippen LogP contribution in [-0.4, -0.2) is 66.2 Å². The number of pyridine rings is 1. The van der Waals surface area contributed by atoms with Gasteiger partial charge in [0, 0.05) is 24.8 Å². The van der Waals surface area contributed by atoms with Gasteiger partial charge in [-0.2, -0.15) is 0 Å². The van der Waals surface area contributed by atoms with E-state index in [4.69, 9.17) is 18.9 Å². The molecule has 1 atom stereocenters. The number of amides is 2. The number of hydrogen-bond acceptors (Lipinski definition) is 7. The molecule has 9 nitrogen and oxygen atoms in total. The van der Waals surface area contributed by atoms with Gasteiger partial charge in [0.2, 0.25) is 12.7 Å². The number of benzene rings is 2. The monoisotopic (exact) mass is 489 g/mol. The second-order valence-corrected chi connectivity index (χ2v) is 8.63. The topological polar surface area (TPSA) is 90.4 Å². The Kier molecular flexibility index (Phi) is 6.99. The predicted molar refractivity (Wildman–Crippen MR) is 130 cm³/mol. The minimum Gasteiger partial charge on any atom is -0.497 e. The molecule has 36 heavy (non-hydrogen) atoms. The quantitative estimate of drug-likeness (QED) is 0.504. The van der Waals surface area contributed by atoms with Crippen molar-refractivity contribution < 1.29 is 28.5 Å². The summed E-state index contributed by atoms with van der Waals surface area (Å²) in [5.74, 6) is 1.42. The van der Waals surface area contributed by atoms with Crippen LogP contribution < -0.4 is 14.2 Å². The highest BCUT2D eigenvalue weighted by Gasteiger charge is 2.32. The number of hydrogen-bond donors (Lipinski definition) is 0. The number of rotatable bonds is 7. The lowest BCUT2D eigenvalue weighted by molar-refractivity contribution is -0.132. The molecule has 0 aliphatic carbocycles. The molecule has 0 spiro atoms. The molecule has 2 amide bonds. The Hall–Kier alpha value is -4.11. The van der Waals surface area contributed by atoms with Crippen LogP contribution in [0.5, 0.6) is 17.2 Å². The van der Waals surface area contributed by atoms with Gasteiger partial charge in [0.25, 0.3) is 5.91 Å². The average molecular weight is 490 g/mol. The third-order valence-corrected chi connectivity index (χ3v) is 6.13. The Morgan fingerprint density at radius 2 is 1.94 bits per heavy atom. The number of carbonyl (C=O) groups excluding carboxylic acids is 2. The molecule has 0 saturated carbocycles. The summed E-state index contributed by atoms with van der Waals surface area (Å²) in [4.78, 5) is 34.3. The molecule has 1 saturated heterocycles. The number of carbonyl (C=O) groups is 2. The molecule has 3 aromatic rings. The molecule has 2 aromatic carbocycles. The first-order chi connectivity index (χ1) is 17.6. The van der Waals surface area contributed by atoms with Crippen molar-refractivity contribution in [3.63, 3.8) is 0 Å². The van der Waals surface area contributed by atoms with E-state index < -0.39 is 6.10 Å². The molecular formula is C27H27N3O6. The lowest BCUT2D eigenvalue weighted by Crippen LogP contribution is -2.39. The molecule has 1 aromatic heterocycles. The van der Waals surface area contributed by atoms with Crippen molar-refractivity contribution in [1.82, 2.24) is 14.8 Å². The average Bonchev–Trinajstić information content (AvgIpc) is 3.33. The minimum absolute atomic E-state index is 0.0564. The summed E-state index contributed by atoms with van der Waals surface area (Å²) in [7, 11) is 1.62. The van der Waals surface area contributed by atoms with Gasteiger partial charge in [0.1, 0.15) is 12.3 Å². The minimum atomic E-state index is -0.399. The highest BCUT2D eigenvalue weighted by molar-refractivity contribution is 5.97. The maximum atomic E-state index is 13.4. The molecule has 2 aliphatic heterocycles. The molecule has 0 bridgehead atoms. The SMILES string of the molecule is COc1cccc(CO[C@@H]2CN(Cc3ccccn3)C(=O)CN(C(=O)c3ccc4c(c3)OCO4)C2)c1. The normalized spacial score (nSPS) is 17.1. The van der Waals surface area contributed by atoms with Gasteiger partial charge in [-0.3, -0.25) is 14.6 Å². The van der Waals surface area contributed by atoms with Crippen LogP contribution in [-0.2, 0) is 22.7 Å². The molecular weight excluding hydrogens is 462 g/mol. The Morgan fingerprint density at radius 1 is 1.06 bits per heavy atom. The van der Waals surface area contributed by atoms with Crippen molar-refractivity contribution in [3.8, 4) is 17.2 Å². The van der Waals surface area contributed by atoms with Gasteiger partial charge in [0.05, 0.1) is 32.1 Å². The molecule has 186 valence electrons. The van der Waals surface area contributed by atoms with Crippen molar-refractivity contribution in [2.45, 2.75) is 19.3 Å². The van der Waals surface area contributed by atoms with Crippen LogP contribution in [0.3, 0.4) is 0 Å². The Bertz CT molecular complexity index is 1240. The number of ether oxygens (including phenoxy) is 4. The van der Waals surface area contributed by atoms with E-state index in [-0.39, 0.29) is 31.7 Å². The second-order valence-electron chi connectivity index (χ2n) is 8.63. The van der Waals surface area contributed by atoms with E-state index in [1.165, 1.54) is 4.90 Å². The zero-order valence-corrected chi connectivity index (χ0v) is 20.0. The van der Waals surface area contributed by atoms with Gasteiger partial charge in [0.15, 0.2) is 11.5 Å². The molecule has 0 radical (unpaired) electrons. The molecule has 0 N–H and O–H groups in total. The fourth-order valence-electron chi connectivity index (χ4n) is 4.27. The first kappa shape index (κ1) is 23.6. The largest absolute Gasteiger partial charge is 0.497 e. The zero-order valence-electron chi connectivity index (χ0n) is 20.0. The number of fused-ring (bicyclic) bond motifs is 1. The lowest BCUT2D eigenvalue weighted by atomic mass is 10.1.